The van der Waals surface area contributed by atoms with Gasteiger partial charge in [0.1, 0.15) is 11.5 Å². The number of ether oxygens (including phenoxy) is 2. The summed E-state index contributed by atoms with van der Waals surface area (Å²) in [6.45, 7) is 6.13. The topological polar surface area (TPSA) is 67.9 Å². The van der Waals surface area contributed by atoms with Gasteiger partial charge in [0.2, 0.25) is 11.8 Å². The average Bonchev–Trinajstić information content (AvgIpc) is 2.52. The molecule has 1 rings (SSSR count). The van der Waals surface area contributed by atoms with Gasteiger partial charge in [0, 0.05) is 25.6 Å². The predicted molar refractivity (Wildman–Crippen MR) is 94.9 cm³/mol. The average molecular weight is 357 g/mol. The lowest BCUT2D eigenvalue weighted by Gasteiger charge is -2.22. The molecule has 0 saturated carbocycles. The summed E-state index contributed by atoms with van der Waals surface area (Å²) in [6.07, 6.45) is 0.838. The number of halogens is 1. The Morgan fingerprint density at radius 2 is 1.83 bits per heavy atom. The number of benzene rings is 1. The number of amides is 2. The van der Waals surface area contributed by atoms with E-state index in [0.717, 1.165) is 6.42 Å². The van der Waals surface area contributed by atoms with Gasteiger partial charge in [-0.3, -0.25) is 9.59 Å². The van der Waals surface area contributed by atoms with E-state index in [1.165, 1.54) is 26.0 Å². The number of rotatable bonds is 8. The second-order valence-electron chi connectivity index (χ2n) is 5.86. The Labute approximate surface area is 148 Å². The second-order valence-corrected chi connectivity index (χ2v) is 6.27. The molecular formula is C17H25ClN2O4. The molecule has 0 bridgehead atoms. The predicted octanol–water partition coefficient (Wildman–Crippen LogP) is 3.19. The largest absolute Gasteiger partial charge is 0.495 e. The van der Waals surface area contributed by atoms with Crippen LogP contribution in [0.25, 0.3) is 0 Å². The van der Waals surface area contributed by atoms with Gasteiger partial charge in [-0.05, 0) is 12.3 Å². The summed E-state index contributed by atoms with van der Waals surface area (Å²) >= 11 is 6.04. The molecule has 0 fully saturated rings. The fourth-order valence-corrected chi connectivity index (χ4v) is 2.31. The van der Waals surface area contributed by atoms with Crippen molar-refractivity contribution in [2.45, 2.75) is 27.2 Å². The fourth-order valence-electron chi connectivity index (χ4n) is 2.08. The summed E-state index contributed by atoms with van der Waals surface area (Å²) in [4.78, 5) is 25.5. The minimum atomic E-state index is -0.309. The molecule has 24 heavy (non-hydrogen) atoms. The van der Waals surface area contributed by atoms with Crippen LogP contribution in [0.2, 0.25) is 5.02 Å². The fraction of sp³-hybridized carbons (Fsp3) is 0.529. The van der Waals surface area contributed by atoms with Crippen LogP contribution in [0.15, 0.2) is 12.1 Å². The molecule has 0 aliphatic carbocycles. The highest BCUT2D eigenvalue weighted by Crippen LogP contribution is 2.35. The molecule has 0 aromatic heterocycles. The third-order valence-corrected chi connectivity index (χ3v) is 3.80. The molecule has 134 valence electrons. The maximum Gasteiger partial charge on any atom is 0.244 e. The van der Waals surface area contributed by atoms with Crippen LogP contribution in [0.5, 0.6) is 11.5 Å². The maximum atomic E-state index is 12.3. The summed E-state index contributed by atoms with van der Waals surface area (Å²) in [6, 6.07) is 3.16. The summed E-state index contributed by atoms with van der Waals surface area (Å²) < 4.78 is 10.4. The van der Waals surface area contributed by atoms with Gasteiger partial charge in [-0.15, -0.1) is 0 Å². The highest BCUT2D eigenvalue weighted by molar-refractivity contribution is 6.32. The zero-order valence-electron chi connectivity index (χ0n) is 14.8. The number of hydrogen-bond donors (Lipinski definition) is 1. The van der Waals surface area contributed by atoms with Gasteiger partial charge in [-0.25, -0.2) is 0 Å². The molecule has 1 aromatic carbocycles. The summed E-state index contributed by atoms with van der Waals surface area (Å²) in [5, 5.41) is 3.12. The van der Waals surface area contributed by atoms with E-state index in [2.05, 4.69) is 19.2 Å². The van der Waals surface area contributed by atoms with E-state index in [-0.39, 0.29) is 18.4 Å². The summed E-state index contributed by atoms with van der Waals surface area (Å²) in [5.41, 5.74) is 0.441. The third-order valence-electron chi connectivity index (χ3n) is 3.50. The Hall–Kier alpha value is -1.95. The van der Waals surface area contributed by atoms with Crippen molar-refractivity contribution in [1.29, 1.82) is 0 Å². The van der Waals surface area contributed by atoms with E-state index in [4.69, 9.17) is 21.1 Å². The molecule has 1 N–H and O–H groups in total. The van der Waals surface area contributed by atoms with Crippen molar-refractivity contribution in [2.24, 2.45) is 5.92 Å². The van der Waals surface area contributed by atoms with E-state index in [0.29, 0.717) is 34.7 Å². The lowest BCUT2D eigenvalue weighted by atomic mass is 10.1. The lowest BCUT2D eigenvalue weighted by Crippen LogP contribution is -2.37. The number of nitrogens with one attached hydrogen (secondary N) is 1. The first-order valence-electron chi connectivity index (χ1n) is 7.75. The first kappa shape index (κ1) is 20.1. The Kier molecular flexibility index (Phi) is 7.85. The highest BCUT2D eigenvalue weighted by atomic mass is 35.5. The smallest absolute Gasteiger partial charge is 0.244 e. The van der Waals surface area contributed by atoms with Gasteiger partial charge in [-0.1, -0.05) is 25.4 Å². The standard InChI is InChI=1S/C17H25ClN2O4/c1-11(2)6-7-20(12(3)21)10-17(22)19-14-9-15(23-4)13(18)8-16(14)24-5/h8-9,11H,6-7,10H2,1-5H3,(H,19,22). The molecule has 0 unspecified atom stereocenters. The molecule has 0 spiro atoms. The molecule has 0 heterocycles. The third kappa shape index (κ3) is 5.92. The van der Waals surface area contributed by atoms with E-state index in [9.17, 15) is 9.59 Å². The van der Waals surface area contributed by atoms with E-state index in [1.807, 2.05) is 0 Å². The molecule has 0 aliphatic rings. The minimum absolute atomic E-state index is 0.0177. The molecular weight excluding hydrogens is 332 g/mol. The van der Waals surface area contributed by atoms with Gasteiger partial charge < -0.3 is 19.7 Å². The summed E-state index contributed by atoms with van der Waals surface area (Å²) in [7, 11) is 2.97. The van der Waals surface area contributed by atoms with Crippen molar-refractivity contribution in [3.05, 3.63) is 17.2 Å². The van der Waals surface area contributed by atoms with E-state index >= 15 is 0 Å². The second kappa shape index (κ2) is 9.37. The Balaban J connectivity index is 2.84. The first-order valence-corrected chi connectivity index (χ1v) is 8.13. The van der Waals surface area contributed by atoms with Crippen LogP contribution in [0.1, 0.15) is 27.2 Å². The molecule has 0 aliphatic heterocycles. The number of hydrogen-bond acceptors (Lipinski definition) is 4. The number of anilines is 1. The molecule has 1 aromatic rings. The monoisotopic (exact) mass is 356 g/mol. The van der Waals surface area contributed by atoms with Crippen molar-refractivity contribution < 1.29 is 19.1 Å². The van der Waals surface area contributed by atoms with Gasteiger partial charge in [0.05, 0.1) is 31.5 Å². The number of carbonyl (C=O) groups excluding carboxylic acids is 2. The Morgan fingerprint density at radius 1 is 1.21 bits per heavy atom. The van der Waals surface area contributed by atoms with Crippen LogP contribution in [0, 0.1) is 5.92 Å². The van der Waals surface area contributed by atoms with Gasteiger partial charge in [0.25, 0.3) is 0 Å². The maximum absolute atomic E-state index is 12.3. The van der Waals surface area contributed by atoms with Gasteiger partial charge in [0.15, 0.2) is 0 Å². The summed E-state index contributed by atoms with van der Waals surface area (Å²) in [5.74, 6) is 0.861. The van der Waals surface area contributed by atoms with Crippen LogP contribution < -0.4 is 14.8 Å². The van der Waals surface area contributed by atoms with E-state index < -0.39 is 0 Å². The van der Waals surface area contributed by atoms with Crippen LogP contribution in [-0.2, 0) is 9.59 Å². The molecule has 0 saturated heterocycles. The molecule has 6 nitrogen and oxygen atoms in total. The zero-order valence-corrected chi connectivity index (χ0v) is 15.6. The van der Waals surface area contributed by atoms with Crippen LogP contribution >= 0.6 is 11.6 Å². The quantitative estimate of drug-likeness (QED) is 0.776. The number of nitrogens with zero attached hydrogens (tertiary/aromatic N) is 1. The first-order chi connectivity index (χ1) is 11.3. The SMILES string of the molecule is COc1cc(NC(=O)CN(CCC(C)C)C(C)=O)c(OC)cc1Cl. The van der Waals surface area contributed by atoms with Crippen molar-refractivity contribution in [2.75, 3.05) is 32.6 Å². The van der Waals surface area contributed by atoms with Crippen LogP contribution in [-0.4, -0.2) is 44.0 Å². The molecule has 2 amide bonds. The van der Waals surface area contributed by atoms with Crippen molar-refractivity contribution in [3.8, 4) is 11.5 Å². The van der Waals surface area contributed by atoms with Crippen molar-refractivity contribution in [1.82, 2.24) is 4.90 Å². The van der Waals surface area contributed by atoms with Crippen LogP contribution in [0.4, 0.5) is 5.69 Å². The number of carbonyl (C=O) groups is 2. The van der Waals surface area contributed by atoms with Crippen molar-refractivity contribution >= 4 is 29.1 Å². The Bertz CT molecular complexity index is 590. The highest BCUT2D eigenvalue weighted by Gasteiger charge is 2.17. The molecule has 0 radical (unpaired) electrons. The van der Waals surface area contributed by atoms with Gasteiger partial charge in [-0.2, -0.15) is 0 Å². The van der Waals surface area contributed by atoms with Crippen LogP contribution in [0.3, 0.4) is 0 Å². The van der Waals surface area contributed by atoms with Gasteiger partial charge >= 0.3 is 0 Å². The zero-order chi connectivity index (χ0) is 18.3. The van der Waals surface area contributed by atoms with E-state index in [1.54, 1.807) is 12.1 Å². The number of methoxy groups -OCH3 is 2. The minimum Gasteiger partial charge on any atom is -0.495 e. The lowest BCUT2D eigenvalue weighted by molar-refractivity contribution is -0.132. The Morgan fingerprint density at radius 3 is 2.33 bits per heavy atom. The molecule has 7 heteroatoms. The van der Waals surface area contributed by atoms with Crippen molar-refractivity contribution in [3.63, 3.8) is 0 Å². The normalized spacial score (nSPS) is 10.5. The molecule has 0 atom stereocenters.